The number of aryl methyl sites for hydroxylation is 2. The van der Waals surface area contributed by atoms with E-state index in [9.17, 15) is 13.2 Å². The average Bonchev–Trinajstić information content (AvgIpc) is 3.24. The predicted molar refractivity (Wildman–Crippen MR) is 132 cm³/mol. The number of carbonyl (C=O) groups is 1. The van der Waals surface area contributed by atoms with Gasteiger partial charge in [0, 0.05) is 14.1 Å². The minimum atomic E-state index is -3.90. The summed E-state index contributed by atoms with van der Waals surface area (Å²) < 4.78 is 29.1. The predicted octanol–water partition coefficient (Wildman–Crippen LogP) is 4.07. The van der Waals surface area contributed by atoms with Gasteiger partial charge in [-0.2, -0.15) is 5.10 Å². The van der Waals surface area contributed by atoms with Crippen molar-refractivity contribution in [1.29, 1.82) is 0 Å². The van der Waals surface area contributed by atoms with Gasteiger partial charge in [-0.3, -0.25) is 13.8 Å². The van der Waals surface area contributed by atoms with Gasteiger partial charge in [-0.25, -0.2) is 8.42 Å². The SMILES string of the molecule is Cc1ccc(S(=O)(=O)N(C)c2c(C(=O)NC(c3ccccc3)c3ccccc3)cnn2C)cc1. The lowest BCUT2D eigenvalue weighted by atomic mass is 9.98. The number of nitrogens with zero attached hydrogens (tertiary/aromatic N) is 3. The number of carbonyl (C=O) groups excluding carboxylic acids is 1. The molecule has 8 heteroatoms. The van der Waals surface area contributed by atoms with Gasteiger partial charge in [0.25, 0.3) is 15.9 Å². The van der Waals surface area contributed by atoms with E-state index in [0.717, 1.165) is 21.0 Å². The molecule has 174 valence electrons. The fourth-order valence-electron chi connectivity index (χ4n) is 3.81. The molecule has 0 saturated heterocycles. The summed E-state index contributed by atoms with van der Waals surface area (Å²) in [6.45, 7) is 1.89. The van der Waals surface area contributed by atoms with Crippen molar-refractivity contribution >= 4 is 21.7 Å². The molecule has 0 radical (unpaired) electrons. The van der Waals surface area contributed by atoms with Gasteiger partial charge in [-0.15, -0.1) is 0 Å². The summed E-state index contributed by atoms with van der Waals surface area (Å²) in [7, 11) is -0.862. The molecule has 3 aromatic carbocycles. The molecule has 0 aliphatic carbocycles. The second kappa shape index (κ2) is 9.52. The molecule has 0 atom stereocenters. The van der Waals surface area contributed by atoms with Gasteiger partial charge in [0.15, 0.2) is 5.82 Å². The lowest BCUT2D eigenvalue weighted by Crippen LogP contribution is -2.33. The van der Waals surface area contributed by atoms with Crippen molar-refractivity contribution in [3.63, 3.8) is 0 Å². The monoisotopic (exact) mass is 474 g/mol. The minimum absolute atomic E-state index is 0.139. The van der Waals surface area contributed by atoms with Crippen molar-refractivity contribution < 1.29 is 13.2 Å². The maximum atomic E-state index is 13.5. The van der Waals surface area contributed by atoms with E-state index < -0.39 is 22.0 Å². The minimum Gasteiger partial charge on any atom is -0.341 e. The number of anilines is 1. The van der Waals surface area contributed by atoms with Crippen LogP contribution in [0.2, 0.25) is 0 Å². The van der Waals surface area contributed by atoms with Crippen LogP contribution in [0.25, 0.3) is 0 Å². The van der Waals surface area contributed by atoms with Gasteiger partial charge in [-0.05, 0) is 30.2 Å². The average molecular weight is 475 g/mol. The van der Waals surface area contributed by atoms with Crippen LogP contribution in [0.5, 0.6) is 0 Å². The van der Waals surface area contributed by atoms with Crippen molar-refractivity contribution in [2.75, 3.05) is 11.4 Å². The summed E-state index contributed by atoms with van der Waals surface area (Å²) in [5.74, 6) is -0.246. The molecule has 4 rings (SSSR count). The normalized spacial score (nSPS) is 11.4. The second-order valence-electron chi connectivity index (χ2n) is 8.02. The number of aromatic nitrogens is 2. The van der Waals surface area contributed by atoms with E-state index in [0.29, 0.717) is 0 Å². The van der Waals surface area contributed by atoms with Gasteiger partial charge in [0.05, 0.1) is 17.1 Å². The molecular weight excluding hydrogens is 448 g/mol. The Morgan fingerprint density at radius 3 is 1.97 bits per heavy atom. The van der Waals surface area contributed by atoms with Crippen molar-refractivity contribution in [3.05, 3.63) is 113 Å². The zero-order valence-corrected chi connectivity index (χ0v) is 20.0. The van der Waals surface area contributed by atoms with Crippen molar-refractivity contribution in [2.45, 2.75) is 17.9 Å². The number of hydrogen-bond acceptors (Lipinski definition) is 4. The van der Waals surface area contributed by atoms with Gasteiger partial charge >= 0.3 is 0 Å². The Hall–Kier alpha value is -3.91. The van der Waals surface area contributed by atoms with E-state index in [-0.39, 0.29) is 16.3 Å². The summed E-state index contributed by atoms with van der Waals surface area (Å²) in [5.41, 5.74) is 2.94. The van der Waals surface area contributed by atoms with E-state index in [2.05, 4.69) is 10.4 Å². The third-order valence-corrected chi connectivity index (χ3v) is 7.43. The number of hydrogen-bond donors (Lipinski definition) is 1. The fourth-order valence-corrected chi connectivity index (χ4v) is 5.05. The van der Waals surface area contributed by atoms with E-state index >= 15 is 0 Å². The Morgan fingerprint density at radius 2 is 1.44 bits per heavy atom. The van der Waals surface area contributed by atoms with E-state index in [4.69, 9.17) is 0 Å². The zero-order chi connectivity index (χ0) is 24.3. The smallest absolute Gasteiger partial charge is 0.265 e. The number of amides is 1. The van der Waals surface area contributed by atoms with Crippen LogP contribution in [-0.2, 0) is 17.1 Å². The summed E-state index contributed by atoms with van der Waals surface area (Å²) in [4.78, 5) is 13.6. The molecule has 0 aliphatic heterocycles. The van der Waals surface area contributed by atoms with Gasteiger partial charge in [0.2, 0.25) is 0 Å². The van der Waals surface area contributed by atoms with Crippen LogP contribution in [0.15, 0.2) is 96.0 Å². The van der Waals surface area contributed by atoms with Gasteiger partial charge in [0.1, 0.15) is 5.56 Å². The summed E-state index contributed by atoms with van der Waals surface area (Å²) in [6.07, 6.45) is 1.39. The molecule has 0 bridgehead atoms. The molecule has 0 spiro atoms. The zero-order valence-electron chi connectivity index (χ0n) is 19.2. The van der Waals surface area contributed by atoms with E-state index in [1.165, 1.54) is 17.9 Å². The largest absolute Gasteiger partial charge is 0.341 e. The molecule has 0 aliphatic rings. The number of nitrogens with one attached hydrogen (secondary N) is 1. The van der Waals surface area contributed by atoms with Crippen LogP contribution >= 0.6 is 0 Å². The number of sulfonamides is 1. The van der Waals surface area contributed by atoms with Crippen LogP contribution in [0, 0.1) is 6.92 Å². The lowest BCUT2D eigenvalue weighted by molar-refractivity contribution is 0.0943. The van der Waals surface area contributed by atoms with E-state index in [1.807, 2.05) is 67.6 Å². The number of rotatable bonds is 7. The highest BCUT2D eigenvalue weighted by Crippen LogP contribution is 2.27. The topological polar surface area (TPSA) is 84.3 Å². The Labute approximate surface area is 199 Å². The molecule has 4 aromatic rings. The molecule has 7 nitrogen and oxygen atoms in total. The highest BCUT2D eigenvalue weighted by atomic mass is 32.2. The third-order valence-electron chi connectivity index (χ3n) is 5.67. The van der Waals surface area contributed by atoms with Crippen molar-refractivity contribution in [1.82, 2.24) is 15.1 Å². The summed E-state index contributed by atoms with van der Waals surface area (Å²) in [6, 6.07) is 25.4. The van der Waals surface area contributed by atoms with Crippen LogP contribution in [-0.4, -0.2) is 31.2 Å². The van der Waals surface area contributed by atoms with E-state index in [1.54, 1.807) is 31.3 Å². The first-order valence-electron chi connectivity index (χ1n) is 10.8. The lowest BCUT2D eigenvalue weighted by Gasteiger charge is -2.23. The Kier molecular flexibility index (Phi) is 6.51. The first-order chi connectivity index (χ1) is 16.3. The molecule has 34 heavy (non-hydrogen) atoms. The van der Waals surface area contributed by atoms with Crippen LogP contribution in [0.1, 0.15) is 33.1 Å². The van der Waals surface area contributed by atoms with Gasteiger partial charge < -0.3 is 5.32 Å². The Bertz CT molecular complexity index is 1340. The standard InChI is InChI=1S/C26H26N4O3S/c1-19-14-16-22(17-15-19)34(32,33)30(3)26-23(18-27-29(26)2)25(31)28-24(20-10-6-4-7-11-20)21-12-8-5-9-13-21/h4-18,24H,1-3H3,(H,28,31). The maximum absolute atomic E-state index is 13.5. The Balaban J connectivity index is 1.69. The molecule has 0 unspecified atom stereocenters. The Morgan fingerprint density at radius 1 is 0.912 bits per heavy atom. The fraction of sp³-hybridized carbons (Fsp3) is 0.154. The molecular formula is C26H26N4O3S. The van der Waals surface area contributed by atoms with Crippen LogP contribution < -0.4 is 9.62 Å². The van der Waals surface area contributed by atoms with Crippen molar-refractivity contribution in [2.24, 2.45) is 7.05 Å². The van der Waals surface area contributed by atoms with Crippen LogP contribution in [0.3, 0.4) is 0 Å². The molecule has 1 aromatic heterocycles. The number of benzene rings is 3. The summed E-state index contributed by atoms with van der Waals surface area (Å²) in [5, 5.41) is 7.24. The molecule has 0 fully saturated rings. The molecule has 1 N–H and O–H groups in total. The molecule has 0 saturated carbocycles. The highest BCUT2D eigenvalue weighted by Gasteiger charge is 2.29. The quantitative estimate of drug-likeness (QED) is 0.438. The van der Waals surface area contributed by atoms with Crippen LogP contribution in [0.4, 0.5) is 5.82 Å². The third kappa shape index (κ3) is 4.58. The molecule has 1 amide bonds. The summed E-state index contributed by atoms with van der Waals surface area (Å²) >= 11 is 0. The van der Waals surface area contributed by atoms with Gasteiger partial charge in [-0.1, -0.05) is 78.4 Å². The highest BCUT2D eigenvalue weighted by molar-refractivity contribution is 7.92. The van der Waals surface area contributed by atoms with Crippen molar-refractivity contribution in [3.8, 4) is 0 Å². The first kappa shape index (κ1) is 23.3. The maximum Gasteiger partial charge on any atom is 0.265 e. The second-order valence-corrected chi connectivity index (χ2v) is 9.99. The first-order valence-corrected chi connectivity index (χ1v) is 12.2. The molecule has 1 heterocycles.